The van der Waals surface area contributed by atoms with Gasteiger partial charge in [-0.25, -0.2) is 14.4 Å². The van der Waals surface area contributed by atoms with Gasteiger partial charge in [0, 0.05) is 74.6 Å². The number of phenolic OH excluding ortho intramolecular Hbond substituents is 1. The van der Waals surface area contributed by atoms with E-state index in [2.05, 4.69) is 5.32 Å². The van der Waals surface area contributed by atoms with E-state index in [1.54, 1.807) is 51.1 Å². The average Bonchev–Trinajstić information content (AvgIpc) is 0.808. The fourth-order valence-corrected chi connectivity index (χ4v) is 13.1. The summed E-state index contributed by atoms with van der Waals surface area (Å²) in [5.74, 6) is -10.7. The Kier molecular flexibility index (Phi) is 21.5. The molecule has 2 bridgehead atoms. The van der Waals surface area contributed by atoms with Gasteiger partial charge in [0.15, 0.2) is 5.43 Å². The number of aliphatic hydroxyl groups is 3. The van der Waals surface area contributed by atoms with E-state index in [0.29, 0.717) is 72.6 Å². The Balaban J connectivity index is 1.08. The Morgan fingerprint density at radius 3 is 2.29 bits per heavy atom. The zero-order chi connectivity index (χ0) is 62.3. The van der Waals surface area contributed by atoms with Crippen molar-refractivity contribution >= 4 is 46.5 Å². The molecule has 7 unspecified atom stereocenters. The van der Waals surface area contributed by atoms with Crippen LogP contribution in [-0.2, 0) is 54.1 Å². The molecule has 3 fully saturated rings. The van der Waals surface area contributed by atoms with Crippen LogP contribution in [0, 0.1) is 29.6 Å². The van der Waals surface area contributed by atoms with Gasteiger partial charge in [-0.1, -0.05) is 56.7 Å². The van der Waals surface area contributed by atoms with Crippen molar-refractivity contribution in [3.05, 3.63) is 99.2 Å². The van der Waals surface area contributed by atoms with E-state index in [1.165, 1.54) is 51.7 Å². The first-order valence-electron chi connectivity index (χ1n) is 29.7. The van der Waals surface area contributed by atoms with Crippen molar-refractivity contribution in [3.63, 3.8) is 0 Å². The first-order valence-corrected chi connectivity index (χ1v) is 29.7. The van der Waals surface area contributed by atoms with Gasteiger partial charge in [-0.05, 0) is 131 Å². The third-order valence-corrected chi connectivity index (χ3v) is 17.9. The van der Waals surface area contributed by atoms with Crippen molar-refractivity contribution in [2.45, 2.75) is 166 Å². The number of allylic oxidation sites excluding steroid dienone is 3. The minimum Gasteiger partial charge on any atom is -0.507 e. The number of aromatic carboxylic acids is 1. The summed E-state index contributed by atoms with van der Waals surface area (Å²) >= 11 is 0. The van der Waals surface area contributed by atoms with Gasteiger partial charge < -0.3 is 68.6 Å². The van der Waals surface area contributed by atoms with Gasteiger partial charge in [0.2, 0.25) is 5.79 Å². The number of hydrogen-bond donors (Lipinski definition) is 6. The lowest BCUT2D eigenvalue weighted by Gasteiger charge is -2.47. The van der Waals surface area contributed by atoms with Gasteiger partial charge in [-0.3, -0.25) is 19.2 Å². The van der Waals surface area contributed by atoms with Crippen LogP contribution in [0.15, 0.2) is 87.1 Å². The number of phenols is 1. The van der Waals surface area contributed by atoms with Crippen molar-refractivity contribution < 1.29 is 87.1 Å². The molecule has 21 nitrogen and oxygen atoms in total. The smallest absolute Gasteiger partial charge is 0.407 e. The van der Waals surface area contributed by atoms with E-state index >= 15 is 0 Å². The SMILES string of the molecule is COC1CC(/C=C(\C)[C@H]2OC(=O)C3CCCCN3C(=O)C(=O)C3(O)O[C@@H]([C@@H](OC)CC3C)[C@@H](OC)C[C@@H](C)C/C(C)=C/[C@@H](CCOC(=O)NCc3c(O)ccc4c(-c5ccccc5C(=O)O)c5ccc(=O)cc-5oc34)C(=O)CC(O)[C@H]2C)CCC1O. The number of carboxylic acid groups (broad SMARTS) is 1. The van der Waals surface area contributed by atoms with Crippen LogP contribution >= 0.6 is 0 Å². The second kappa shape index (κ2) is 28.3. The zero-order valence-corrected chi connectivity index (χ0v) is 50.2. The molecule has 6 N–H and O–H groups in total. The molecule has 6 aliphatic rings. The molecule has 0 radical (unpaired) electrons. The van der Waals surface area contributed by atoms with Crippen LogP contribution in [0.5, 0.6) is 5.75 Å². The molecule has 4 heterocycles. The number of alkyl carbamates (subject to hydrolysis) is 1. The number of carboxylic acids is 1. The Bertz CT molecular complexity index is 3220. The minimum atomic E-state index is -2.62. The number of hydrogen-bond acceptors (Lipinski definition) is 18. The van der Waals surface area contributed by atoms with Crippen LogP contribution in [0.2, 0.25) is 0 Å². The fraction of sp³-hybridized carbons (Fsp3) is 0.554. The topological polar surface area (TPSA) is 304 Å². The normalized spacial score (nSPS) is 31.1. The van der Waals surface area contributed by atoms with Gasteiger partial charge >= 0.3 is 18.0 Å². The van der Waals surface area contributed by atoms with Crippen LogP contribution in [0.1, 0.15) is 121 Å². The number of cyclic esters (lactones) is 1. The quantitative estimate of drug-likeness (QED) is 0.0343. The molecule has 4 aliphatic heterocycles. The van der Waals surface area contributed by atoms with Gasteiger partial charge in [-0.2, -0.15) is 0 Å². The largest absolute Gasteiger partial charge is 0.507 e. The number of benzene rings is 3. The van der Waals surface area contributed by atoms with Crippen molar-refractivity contribution in [1.82, 2.24) is 10.2 Å². The molecule has 8 rings (SSSR count). The highest BCUT2D eigenvalue weighted by Gasteiger charge is 2.57. The molecule has 2 aromatic rings. The minimum absolute atomic E-state index is 0.00601. The number of Topliss-reactive ketones (excluding diaryl/α,β-unsaturated/α-hetero) is 2. The summed E-state index contributed by atoms with van der Waals surface area (Å²) in [7, 11) is 4.47. The number of esters is 1. The van der Waals surface area contributed by atoms with Crippen molar-refractivity contribution in [3.8, 4) is 28.2 Å². The third-order valence-electron chi connectivity index (χ3n) is 17.9. The first kappa shape index (κ1) is 65.1. The number of fused-ring (bicyclic) bond motifs is 5. The monoisotopic (exact) mass is 1190 g/mol. The van der Waals surface area contributed by atoms with Crippen LogP contribution in [-0.4, -0.2) is 155 Å². The number of ketones is 2. The van der Waals surface area contributed by atoms with Crippen LogP contribution < -0.4 is 10.7 Å². The zero-order valence-electron chi connectivity index (χ0n) is 50.2. The maximum Gasteiger partial charge on any atom is 0.407 e. The second-order valence-electron chi connectivity index (χ2n) is 24.0. The maximum absolute atomic E-state index is 14.8. The number of nitrogens with zero attached hydrogens (tertiary/aromatic N) is 1. The number of aromatic hydroxyl groups is 1. The molecule has 0 spiro atoms. The lowest BCUT2D eigenvalue weighted by atomic mass is 9.81. The lowest BCUT2D eigenvalue weighted by molar-refractivity contribution is -0.302. The number of piperidine rings is 1. The lowest BCUT2D eigenvalue weighted by Crippen LogP contribution is -2.64. The van der Waals surface area contributed by atoms with E-state index < -0.39 is 114 Å². The van der Waals surface area contributed by atoms with Crippen molar-refractivity contribution in [2.75, 3.05) is 34.5 Å². The highest BCUT2D eigenvalue weighted by molar-refractivity contribution is 6.39. The van der Waals surface area contributed by atoms with E-state index in [1.807, 2.05) is 19.9 Å². The summed E-state index contributed by atoms with van der Waals surface area (Å²) in [6.45, 7) is 8.14. The summed E-state index contributed by atoms with van der Waals surface area (Å²) < 4.78 is 42.0. The third kappa shape index (κ3) is 14.4. The summed E-state index contributed by atoms with van der Waals surface area (Å²) in [6, 6.07) is 12.1. The van der Waals surface area contributed by atoms with E-state index in [9.17, 15) is 59.1 Å². The standard InChI is InChI=1S/C65H82N2O19/c1-34-25-35(2)27-54(81-7)59-55(82-8)29-37(4)65(79,86-59)60(73)61(74)67-23-12-11-15-47(67)63(77)85-57(36(3)28-39-16-20-49(70)53(30-39)80-6)38(5)50(71)32-51(72)40(26-34)22-24-83-64(78)66-33-46-48(69)21-19-45-56(42-13-9-10-14-43(42)62(75)76)44-18-17-41(68)31-52(44)84-58(45)46/h9-10,13-14,17-19,21,26,28,31,35,37-40,47,49-50,53-55,57,59,69-71,79H,11-12,15-16,20,22-25,27,29-30,32-33H2,1-8H3,(H,66,78)(H,75,76)/b34-26+,36-28+/t35-,37?,38+,39?,40+,47?,49?,50?,53?,54-,55-,57+,59+,65?/m0/s1. The molecule has 2 amide bonds. The molecule has 0 aromatic heterocycles. The van der Waals surface area contributed by atoms with Crippen LogP contribution in [0.25, 0.3) is 33.4 Å². The Hall–Kier alpha value is -6.85. The highest BCUT2D eigenvalue weighted by Crippen LogP contribution is 2.44. The second-order valence-corrected chi connectivity index (χ2v) is 24.0. The van der Waals surface area contributed by atoms with Crippen molar-refractivity contribution in [1.29, 1.82) is 0 Å². The van der Waals surface area contributed by atoms with Gasteiger partial charge in [0.1, 0.15) is 41.1 Å². The number of amides is 2. The van der Waals surface area contributed by atoms with E-state index in [-0.39, 0.29) is 84.4 Å². The molecule has 2 saturated heterocycles. The molecule has 14 atom stereocenters. The molecule has 21 heteroatoms. The number of carbonyl (C=O) groups excluding carboxylic acids is 5. The summed E-state index contributed by atoms with van der Waals surface area (Å²) in [5.41, 5.74) is 2.26. The van der Waals surface area contributed by atoms with Crippen molar-refractivity contribution in [2.24, 2.45) is 29.6 Å². The van der Waals surface area contributed by atoms with Gasteiger partial charge in [0.05, 0.1) is 54.8 Å². The van der Waals surface area contributed by atoms with Crippen LogP contribution in [0.3, 0.4) is 0 Å². The van der Waals surface area contributed by atoms with E-state index in [0.717, 1.165) is 10.5 Å². The predicted molar refractivity (Wildman–Crippen MR) is 314 cm³/mol. The molecule has 2 aliphatic carbocycles. The molecule has 86 heavy (non-hydrogen) atoms. The average molecular weight is 1200 g/mol. The summed E-state index contributed by atoms with van der Waals surface area (Å²) in [5, 5.41) is 59.5. The van der Waals surface area contributed by atoms with E-state index in [4.69, 9.17) is 32.8 Å². The molecule has 1 saturated carbocycles. The predicted octanol–water partition coefficient (Wildman–Crippen LogP) is 7.66. The van der Waals surface area contributed by atoms with Gasteiger partial charge in [-0.15, -0.1) is 0 Å². The number of carbonyl (C=O) groups is 6. The summed E-state index contributed by atoms with van der Waals surface area (Å²) in [6.07, 6.45) is -0.441. The fourth-order valence-electron chi connectivity index (χ4n) is 13.1. The maximum atomic E-state index is 14.8. The Morgan fingerprint density at radius 2 is 1.57 bits per heavy atom. The molecule has 2 aromatic carbocycles. The number of ether oxygens (including phenoxy) is 6. The Labute approximate surface area is 499 Å². The molecular formula is C65H82N2O19. The first-order chi connectivity index (χ1) is 41.0. The van der Waals surface area contributed by atoms with Gasteiger partial charge in [0.25, 0.3) is 11.7 Å². The Morgan fingerprint density at radius 1 is 0.849 bits per heavy atom. The summed E-state index contributed by atoms with van der Waals surface area (Å²) in [4.78, 5) is 98.2. The molecular weight excluding hydrogens is 1110 g/mol. The molecule has 466 valence electrons. The number of nitrogens with one attached hydrogen (secondary N) is 1. The highest BCUT2D eigenvalue weighted by atomic mass is 16.7. The number of rotatable bonds is 12. The van der Waals surface area contributed by atoms with Crippen LogP contribution in [0.4, 0.5) is 4.79 Å². The number of methoxy groups -OCH3 is 3. The number of aliphatic hydroxyl groups excluding tert-OH is 2.